The van der Waals surface area contributed by atoms with Crippen molar-refractivity contribution in [1.29, 1.82) is 5.41 Å². The molecule has 1 aromatic rings. The molecule has 0 saturated heterocycles. The molecular formula is C6H10ClN3S. The first-order chi connectivity index (χ1) is 4.79. The van der Waals surface area contributed by atoms with Gasteiger partial charge >= 0.3 is 0 Å². The molecule has 0 aliphatic carbocycles. The first-order valence-corrected chi connectivity index (χ1v) is 3.77. The van der Waals surface area contributed by atoms with Crippen LogP contribution in [0.1, 0.15) is 4.88 Å². The van der Waals surface area contributed by atoms with E-state index in [-0.39, 0.29) is 18.4 Å². The summed E-state index contributed by atoms with van der Waals surface area (Å²) >= 11 is 1.65. The summed E-state index contributed by atoms with van der Waals surface area (Å²) in [6, 6.07) is 3.97. The first-order valence-electron chi connectivity index (χ1n) is 2.89. The van der Waals surface area contributed by atoms with E-state index in [1.165, 1.54) is 4.88 Å². The van der Waals surface area contributed by atoms with Crippen molar-refractivity contribution in [2.45, 2.75) is 6.54 Å². The highest BCUT2D eigenvalue weighted by molar-refractivity contribution is 7.09. The summed E-state index contributed by atoms with van der Waals surface area (Å²) in [4.78, 5) is 1.19. The Balaban J connectivity index is 0.000001000. The van der Waals surface area contributed by atoms with Gasteiger partial charge in [0.2, 0.25) is 0 Å². The minimum Gasteiger partial charge on any atom is -0.370 e. The molecule has 0 saturated carbocycles. The van der Waals surface area contributed by atoms with E-state index in [0.29, 0.717) is 6.54 Å². The highest BCUT2D eigenvalue weighted by Gasteiger charge is 1.91. The maximum Gasteiger partial charge on any atom is 0.186 e. The molecule has 1 rings (SSSR count). The van der Waals surface area contributed by atoms with E-state index >= 15 is 0 Å². The van der Waals surface area contributed by atoms with Gasteiger partial charge in [-0.3, -0.25) is 5.41 Å². The lowest BCUT2D eigenvalue weighted by Gasteiger charge is -1.98. The van der Waals surface area contributed by atoms with Crippen molar-refractivity contribution < 1.29 is 0 Å². The zero-order valence-electron chi connectivity index (χ0n) is 5.83. The van der Waals surface area contributed by atoms with Crippen LogP contribution in [0.3, 0.4) is 0 Å². The zero-order chi connectivity index (χ0) is 7.40. The summed E-state index contributed by atoms with van der Waals surface area (Å²) in [6.45, 7) is 0.660. The van der Waals surface area contributed by atoms with E-state index in [1.807, 2.05) is 17.5 Å². The van der Waals surface area contributed by atoms with Crippen molar-refractivity contribution in [2.75, 3.05) is 0 Å². The van der Waals surface area contributed by atoms with Crippen LogP contribution in [0.25, 0.3) is 0 Å². The maximum absolute atomic E-state index is 6.87. The summed E-state index contributed by atoms with van der Waals surface area (Å²) < 4.78 is 0. The largest absolute Gasteiger partial charge is 0.370 e. The van der Waals surface area contributed by atoms with Crippen LogP contribution in [0.15, 0.2) is 17.5 Å². The summed E-state index contributed by atoms with van der Waals surface area (Å²) in [7, 11) is 0. The van der Waals surface area contributed by atoms with Crippen LogP contribution in [-0.2, 0) is 6.54 Å². The molecule has 62 valence electrons. The lowest BCUT2D eigenvalue weighted by atomic mass is 10.5. The van der Waals surface area contributed by atoms with Crippen LogP contribution < -0.4 is 11.1 Å². The number of guanidine groups is 1. The minimum atomic E-state index is 0. The van der Waals surface area contributed by atoms with Gasteiger partial charge in [0.15, 0.2) is 5.96 Å². The Morgan fingerprint density at radius 2 is 2.45 bits per heavy atom. The van der Waals surface area contributed by atoms with E-state index < -0.39 is 0 Å². The normalized spacial score (nSPS) is 8.36. The second kappa shape index (κ2) is 4.98. The molecule has 11 heavy (non-hydrogen) atoms. The van der Waals surface area contributed by atoms with Crippen molar-refractivity contribution >= 4 is 29.7 Å². The molecule has 0 aliphatic rings. The molecule has 0 amide bonds. The topological polar surface area (TPSA) is 61.9 Å². The Kier molecular flexibility index (Phi) is 4.65. The van der Waals surface area contributed by atoms with Crippen LogP contribution in [0.4, 0.5) is 0 Å². The van der Waals surface area contributed by atoms with Gasteiger partial charge in [0.1, 0.15) is 0 Å². The van der Waals surface area contributed by atoms with E-state index in [4.69, 9.17) is 11.1 Å². The van der Waals surface area contributed by atoms with Gasteiger partial charge < -0.3 is 11.1 Å². The second-order valence-electron chi connectivity index (χ2n) is 1.85. The fourth-order valence-corrected chi connectivity index (χ4v) is 1.24. The van der Waals surface area contributed by atoms with E-state index in [2.05, 4.69) is 5.32 Å². The number of hydrogen-bond acceptors (Lipinski definition) is 2. The minimum absolute atomic E-state index is 0. The smallest absolute Gasteiger partial charge is 0.186 e. The fourth-order valence-electron chi connectivity index (χ4n) is 0.596. The van der Waals surface area contributed by atoms with Gasteiger partial charge in [-0.15, -0.1) is 23.7 Å². The monoisotopic (exact) mass is 191 g/mol. The SMILES string of the molecule is Cl.N=C(N)NCc1cccs1. The third-order valence-corrected chi connectivity index (χ3v) is 1.91. The molecule has 4 N–H and O–H groups in total. The van der Waals surface area contributed by atoms with Gasteiger partial charge in [-0.2, -0.15) is 0 Å². The number of nitrogens with two attached hydrogens (primary N) is 1. The summed E-state index contributed by atoms with van der Waals surface area (Å²) in [5.41, 5.74) is 5.09. The van der Waals surface area contributed by atoms with Gasteiger partial charge in [-0.1, -0.05) is 6.07 Å². The van der Waals surface area contributed by atoms with Crippen LogP contribution >= 0.6 is 23.7 Å². The third-order valence-electron chi connectivity index (χ3n) is 1.03. The van der Waals surface area contributed by atoms with Gasteiger partial charge in [0, 0.05) is 4.88 Å². The Morgan fingerprint density at radius 3 is 2.91 bits per heavy atom. The number of thiophene rings is 1. The average Bonchev–Trinajstić information content (AvgIpc) is 2.34. The van der Waals surface area contributed by atoms with Crippen molar-refractivity contribution in [3.8, 4) is 0 Å². The molecule has 0 aliphatic heterocycles. The van der Waals surface area contributed by atoms with Crippen LogP contribution in [0.2, 0.25) is 0 Å². The van der Waals surface area contributed by atoms with Crippen LogP contribution in [0.5, 0.6) is 0 Å². The van der Waals surface area contributed by atoms with Gasteiger partial charge in [0.25, 0.3) is 0 Å². The first kappa shape index (κ1) is 10.3. The molecule has 0 aromatic carbocycles. The number of halogens is 1. The van der Waals surface area contributed by atoms with Gasteiger partial charge in [-0.25, -0.2) is 0 Å². The van der Waals surface area contributed by atoms with Crippen LogP contribution in [0, 0.1) is 5.41 Å². The number of rotatable bonds is 2. The lowest BCUT2D eigenvalue weighted by Crippen LogP contribution is -2.29. The fraction of sp³-hybridized carbons (Fsp3) is 0.167. The molecule has 0 spiro atoms. The maximum atomic E-state index is 6.87. The Bertz CT molecular complexity index is 210. The van der Waals surface area contributed by atoms with Crippen molar-refractivity contribution in [3.63, 3.8) is 0 Å². The zero-order valence-corrected chi connectivity index (χ0v) is 7.47. The molecule has 1 heterocycles. The van der Waals surface area contributed by atoms with E-state index in [0.717, 1.165) is 0 Å². The molecule has 0 bridgehead atoms. The molecular weight excluding hydrogens is 182 g/mol. The van der Waals surface area contributed by atoms with Crippen molar-refractivity contribution in [2.24, 2.45) is 5.73 Å². The third kappa shape index (κ3) is 3.85. The molecule has 0 atom stereocenters. The quantitative estimate of drug-likeness (QED) is 0.485. The predicted octanol–water partition coefficient (Wildman–Crippen LogP) is 1.15. The Morgan fingerprint density at radius 1 is 1.73 bits per heavy atom. The Hall–Kier alpha value is -0.740. The lowest BCUT2D eigenvalue weighted by molar-refractivity contribution is 0.914. The van der Waals surface area contributed by atoms with Crippen molar-refractivity contribution in [3.05, 3.63) is 22.4 Å². The standard InChI is InChI=1S/C6H9N3S.ClH/c7-6(8)9-4-5-2-1-3-10-5;/h1-3H,4H2,(H4,7,8,9);1H. The van der Waals surface area contributed by atoms with Gasteiger partial charge in [0.05, 0.1) is 6.54 Å². The molecule has 0 radical (unpaired) electrons. The average molecular weight is 192 g/mol. The predicted molar refractivity (Wildman–Crippen MR) is 50.3 cm³/mol. The molecule has 1 aromatic heterocycles. The molecule has 0 unspecified atom stereocenters. The Labute approximate surface area is 75.5 Å². The number of nitrogens with one attached hydrogen (secondary N) is 2. The summed E-state index contributed by atoms with van der Waals surface area (Å²) in [6.07, 6.45) is 0. The summed E-state index contributed by atoms with van der Waals surface area (Å²) in [5, 5.41) is 11.6. The highest BCUT2D eigenvalue weighted by atomic mass is 35.5. The highest BCUT2D eigenvalue weighted by Crippen LogP contribution is 2.06. The van der Waals surface area contributed by atoms with Crippen molar-refractivity contribution in [1.82, 2.24) is 5.32 Å². The molecule has 3 nitrogen and oxygen atoms in total. The van der Waals surface area contributed by atoms with E-state index in [1.54, 1.807) is 11.3 Å². The van der Waals surface area contributed by atoms with E-state index in [9.17, 15) is 0 Å². The van der Waals surface area contributed by atoms with Crippen LogP contribution in [-0.4, -0.2) is 5.96 Å². The second-order valence-corrected chi connectivity index (χ2v) is 2.88. The molecule has 0 fully saturated rings. The number of hydrogen-bond donors (Lipinski definition) is 3. The molecule has 5 heteroatoms. The summed E-state index contributed by atoms with van der Waals surface area (Å²) in [5.74, 6) is 0.0217. The van der Waals surface area contributed by atoms with Gasteiger partial charge in [-0.05, 0) is 11.4 Å².